The van der Waals surface area contributed by atoms with E-state index in [9.17, 15) is 4.79 Å². The van der Waals surface area contributed by atoms with Gasteiger partial charge in [-0.05, 0) is 32.0 Å². The second kappa shape index (κ2) is 6.12. The first kappa shape index (κ1) is 12.5. The van der Waals surface area contributed by atoms with Gasteiger partial charge in [0, 0.05) is 12.2 Å². The lowest BCUT2D eigenvalue weighted by atomic mass is 10.2. The molecule has 16 heavy (non-hydrogen) atoms. The van der Waals surface area contributed by atoms with Crippen molar-refractivity contribution < 1.29 is 4.79 Å². The first-order chi connectivity index (χ1) is 7.66. The highest BCUT2D eigenvalue weighted by Crippen LogP contribution is 2.16. The second-order valence-corrected chi connectivity index (χ2v) is 3.75. The maximum atomic E-state index is 11.2. The van der Waals surface area contributed by atoms with Crippen molar-refractivity contribution in [2.45, 2.75) is 19.4 Å². The normalized spacial score (nSPS) is 12.1. The van der Waals surface area contributed by atoms with E-state index in [0.29, 0.717) is 6.54 Å². The number of nitrogens with zero attached hydrogens (tertiary/aromatic N) is 1. The van der Waals surface area contributed by atoms with Crippen LogP contribution in [0.5, 0.6) is 0 Å². The van der Waals surface area contributed by atoms with Gasteiger partial charge in [0.2, 0.25) is 5.91 Å². The summed E-state index contributed by atoms with van der Waals surface area (Å²) in [5.74, 6) is -0.319. The number of primary amides is 1. The van der Waals surface area contributed by atoms with E-state index in [-0.39, 0.29) is 11.9 Å². The molecule has 88 valence electrons. The maximum absolute atomic E-state index is 11.2. The Morgan fingerprint density at radius 2 is 2.00 bits per heavy atom. The number of para-hydroxylation sites is 1. The fourth-order valence-corrected chi connectivity index (χ4v) is 1.58. The lowest BCUT2D eigenvalue weighted by molar-refractivity contribution is -0.118. The summed E-state index contributed by atoms with van der Waals surface area (Å²) in [5.41, 5.74) is 11.8. The minimum absolute atomic E-state index is 0.311. The van der Waals surface area contributed by atoms with Crippen LogP contribution in [0.15, 0.2) is 30.3 Å². The summed E-state index contributed by atoms with van der Waals surface area (Å²) in [7, 11) is 0. The molecule has 0 aliphatic heterocycles. The van der Waals surface area contributed by atoms with E-state index >= 15 is 0 Å². The average Bonchev–Trinajstić information content (AvgIpc) is 2.30. The van der Waals surface area contributed by atoms with Gasteiger partial charge in [-0.2, -0.15) is 0 Å². The van der Waals surface area contributed by atoms with Crippen molar-refractivity contribution in [3.63, 3.8) is 0 Å². The molecule has 0 aliphatic rings. The summed E-state index contributed by atoms with van der Waals surface area (Å²) in [5, 5.41) is 0. The number of hydrogen-bond donors (Lipinski definition) is 2. The minimum Gasteiger partial charge on any atom is -0.368 e. The van der Waals surface area contributed by atoms with Crippen molar-refractivity contribution in [1.29, 1.82) is 0 Å². The molecule has 1 unspecified atom stereocenters. The van der Waals surface area contributed by atoms with E-state index in [4.69, 9.17) is 11.5 Å². The number of rotatable bonds is 6. The number of nitrogens with two attached hydrogens (primary N) is 2. The van der Waals surface area contributed by atoms with Crippen molar-refractivity contribution in [3.8, 4) is 0 Å². The largest absolute Gasteiger partial charge is 0.368 e. The Morgan fingerprint density at radius 1 is 1.38 bits per heavy atom. The Hall–Kier alpha value is -1.55. The molecule has 4 N–H and O–H groups in total. The quantitative estimate of drug-likeness (QED) is 0.743. The fraction of sp³-hybridized carbons (Fsp3) is 0.417. The van der Waals surface area contributed by atoms with Gasteiger partial charge in [0.1, 0.15) is 6.04 Å². The lowest BCUT2D eigenvalue weighted by Crippen LogP contribution is -2.43. The third-order valence-electron chi connectivity index (χ3n) is 2.57. The standard InChI is InChI=1S/C12H19N3O/c1-10(12(14)16)15(9-5-8-13)11-6-3-2-4-7-11/h2-4,6-7,10H,5,8-9,13H2,1H3,(H2,14,16). The van der Waals surface area contributed by atoms with E-state index in [1.165, 1.54) is 0 Å². The SMILES string of the molecule is CC(C(N)=O)N(CCCN)c1ccccc1. The number of hydrogen-bond acceptors (Lipinski definition) is 3. The van der Waals surface area contributed by atoms with Gasteiger partial charge in [-0.25, -0.2) is 0 Å². The summed E-state index contributed by atoms with van der Waals surface area (Å²) in [6, 6.07) is 9.46. The summed E-state index contributed by atoms with van der Waals surface area (Å²) < 4.78 is 0. The zero-order chi connectivity index (χ0) is 12.0. The van der Waals surface area contributed by atoms with Gasteiger partial charge < -0.3 is 16.4 Å². The van der Waals surface area contributed by atoms with Crippen LogP contribution in [0.4, 0.5) is 5.69 Å². The third-order valence-corrected chi connectivity index (χ3v) is 2.57. The Balaban J connectivity index is 2.83. The second-order valence-electron chi connectivity index (χ2n) is 3.75. The molecule has 1 rings (SSSR count). The molecule has 4 heteroatoms. The van der Waals surface area contributed by atoms with Crippen LogP contribution in [-0.4, -0.2) is 25.0 Å². The summed E-state index contributed by atoms with van der Waals surface area (Å²) in [4.78, 5) is 13.2. The molecule has 1 atom stereocenters. The van der Waals surface area contributed by atoms with Gasteiger partial charge in [-0.15, -0.1) is 0 Å². The van der Waals surface area contributed by atoms with E-state index in [1.807, 2.05) is 42.2 Å². The molecule has 0 saturated heterocycles. The molecule has 0 bridgehead atoms. The van der Waals surface area contributed by atoms with Crippen molar-refractivity contribution in [3.05, 3.63) is 30.3 Å². The predicted octanol–water partition coefficient (Wildman–Crippen LogP) is 0.716. The Labute approximate surface area is 96.2 Å². The van der Waals surface area contributed by atoms with Crippen molar-refractivity contribution in [1.82, 2.24) is 0 Å². The van der Waals surface area contributed by atoms with Gasteiger partial charge >= 0.3 is 0 Å². The van der Waals surface area contributed by atoms with Crippen LogP contribution in [0.2, 0.25) is 0 Å². The van der Waals surface area contributed by atoms with Gasteiger partial charge in [-0.1, -0.05) is 18.2 Å². The van der Waals surface area contributed by atoms with Gasteiger partial charge in [0.15, 0.2) is 0 Å². The number of carbonyl (C=O) groups is 1. The van der Waals surface area contributed by atoms with E-state index in [0.717, 1.165) is 18.7 Å². The molecule has 0 aliphatic carbocycles. The van der Waals surface area contributed by atoms with Crippen molar-refractivity contribution in [2.24, 2.45) is 11.5 Å². The predicted molar refractivity (Wildman–Crippen MR) is 66.1 cm³/mol. The molecule has 0 heterocycles. The molecule has 1 aromatic rings. The van der Waals surface area contributed by atoms with Crippen LogP contribution in [-0.2, 0) is 4.79 Å². The minimum atomic E-state index is -0.319. The molecule has 0 fully saturated rings. The van der Waals surface area contributed by atoms with Gasteiger partial charge in [0.25, 0.3) is 0 Å². The van der Waals surface area contributed by atoms with E-state index in [2.05, 4.69) is 0 Å². The highest BCUT2D eigenvalue weighted by atomic mass is 16.1. The van der Waals surface area contributed by atoms with Crippen molar-refractivity contribution >= 4 is 11.6 Å². The zero-order valence-electron chi connectivity index (χ0n) is 9.60. The number of anilines is 1. The van der Waals surface area contributed by atoms with Crippen LogP contribution in [0.1, 0.15) is 13.3 Å². The maximum Gasteiger partial charge on any atom is 0.239 e. The topological polar surface area (TPSA) is 72.4 Å². The highest BCUT2D eigenvalue weighted by molar-refractivity contribution is 5.83. The monoisotopic (exact) mass is 221 g/mol. The Morgan fingerprint density at radius 3 is 2.50 bits per heavy atom. The molecule has 4 nitrogen and oxygen atoms in total. The highest BCUT2D eigenvalue weighted by Gasteiger charge is 2.18. The van der Waals surface area contributed by atoms with E-state index in [1.54, 1.807) is 0 Å². The summed E-state index contributed by atoms with van der Waals surface area (Å²) >= 11 is 0. The van der Waals surface area contributed by atoms with Crippen LogP contribution in [0.25, 0.3) is 0 Å². The van der Waals surface area contributed by atoms with Gasteiger partial charge in [-0.3, -0.25) is 4.79 Å². The number of benzene rings is 1. The van der Waals surface area contributed by atoms with Crippen LogP contribution < -0.4 is 16.4 Å². The summed E-state index contributed by atoms with van der Waals surface area (Å²) in [6.45, 7) is 3.16. The first-order valence-electron chi connectivity index (χ1n) is 5.48. The van der Waals surface area contributed by atoms with Crippen LogP contribution in [0.3, 0.4) is 0 Å². The van der Waals surface area contributed by atoms with Crippen molar-refractivity contribution in [2.75, 3.05) is 18.0 Å². The lowest BCUT2D eigenvalue weighted by Gasteiger charge is -2.29. The smallest absolute Gasteiger partial charge is 0.239 e. The number of carbonyl (C=O) groups excluding carboxylic acids is 1. The fourth-order valence-electron chi connectivity index (χ4n) is 1.58. The van der Waals surface area contributed by atoms with E-state index < -0.39 is 0 Å². The van der Waals surface area contributed by atoms with Crippen LogP contribution in [0, 0.1) is 0 Å². The molecule has 0 saturated carbocycles. The summed E-state index contributed by atoms with van der Waals surface area (Å²) in [6.07, 6.45) is 0.840. The Kier molecular flexibility index (Phi) is 4.79. The molecular weight excluding hydrogens is 202 g/mol. The molecule has 1 aromatic carbocycles. The van der Waals surface area contributed by atoms with Crippen LogP contribution >= 0.6 is 0 Å². The third kappa shape index (κ3) is 3.24. The molecular formula is C12H19N3O. The van der Waals surface area contributed by atoms with Gasteiger partial charge in [0.05, 0.1) is 0 Å². The first-order valence-corrected chi connectivity index (χ1v) is 5.48. The molecule has 0 spiro atoms. The molecule has 1 amide bonds. The molecule has 0 radical (unpaired) electrons. The number of amides is 1. The average molecular weight is 221 g/mol. The zero-order valence-corrected chi connectivity index (χ0v) is 9.60. The Bertz CT molecular complexity index is 326. The molecule has 0 aromatic heterocycles.